The van der Waals surface area contributed by atoms with Gasteiger partial charge in [0.2, 0.25) is 0 Å². The Hall–Kier alpha value is -3.46. The van der Waals surface area contributed by atoms with Gasteiger partial charge < -0.3 is 10.6 Å². The maximum atomic E-state index is 12.7. The molecule has 4 rings (SSSR count). The van der Waals surface area contributed by atoms with Crippen LogP contribution < -0.4 is 10.6 Å². The monoisotopic (exact) mass is 438 g/mol. The van der Waals surface area contributed by atoms with Gasteiger partial charge in [-0.05, 0) is 31.0 Å². The second-order valence-corrected chi connectivity index (χ2v) is 9.63. The van der Waals surface area contributed by atoms with E-state index in [1.807, 2.05) is 61.5 Å². The molecule has 0 unspecified atom stereocenters. The summed E-state index contributed by atoms with van der Waals surface area (Å²) >= 11 is 0. The number of amides is 2. The van der Waals surface area contributed by atoms with E-state index in [1.54, 1.807) is 6.92 Å². The summed E-state index contributed by atoms with van der Waals surface area (Å²) in [5, 5.41) is 9.69. The maximum Gasteiger partial charge on any atom is 0.314 e. The van der Waals surface area contributed by atoms with Crippen molar-refractivity contribution in [1.29, 1.82) is 0 Å². The molecule has 2 N–H and O–H groups in total. The standard InChI is InChI=1S/C22H22N4O4S/c1-14-8-6-7-11-19(14)26-20(17-12-31(29,30)13-18(17)25-26)24-22(28)21(27)23-15(2)16-9-4-3-5-10-16/h3-11,15H,12-13H2,1-2H3,(H,23,27)(H,24,28)/t15-/m1/s1. The van der Waals surface area contributed by atoms with Crippen molar-refractivity contribution in [3.05, 3.63) is 77.0 Å². The first-order chi connectivity index (χ1) is 14.7. The second kappa shape index (κ2) is 7.99. The number of benzene rings is 2. The lowest BCUT2D eigenvalue weighted by Crippen LogP contribution is -2.37. The number of nitrogens with zero attached hydrogens (tertiary/aromatic N) is 2. The number of hydrogen-bond acceptors (Lipinski definition) is 5. The molecule has 1 aliphatic heterocycles. The Morgan fingerprint density at radius 3 is 2.39 bits per heavy atom. The average molecular weight is 439 g/mol. The lowest BCUT2D eigenvalue weighted by atomic mass is 10.1. The van der Waals surface area contributed by atoms with E-state index in [4.69, 9.17) is 0 Å². The quantitative estimate of drug-likeness (QED) is 0.608. The third-order valence-electron chi connectivity index (χ3n) is 5.22. The van der Waals surface area contributed by atoms with E-state index in [-0.39, 0.29) is 23.4 Å². The van der Waals surface area contributed by atoms with Crippen LogP contribution in [0.15, 0.2) is 54.6 Å². The molecule has 1 aliphatic rings. The van der Waals surface area contributed by atoms with Crippen molar-refractivity contribution < 1.29 is 18.0 Å². The zero-order chi connectivity index (χ0) is 22.2. The fourth-order valence-electron chi connectivity index (χ4n) is 3.60. The molecule has 31 heavy (non-hydrogen) atoms. The number of aryl methyl sites for hydroxylation is 1. The van der Waals surface area contributed by atoms with Crippen LogP contribution in [0.4, 0.5) is 5.82 Å². The van der Waals surface area contributed by atoms with Crippen LogP contribution in [-0.4, -0.2) is 30.0 Å². The maximum absolute atomic E-state index is 12.7. The molecule has 2 aromatic carbocycles. The highest BCUT2D eigenvalue weighted by Crippen LogP contribution is 2.33. The highest BCUT2D eigenvalue weighted by atomic mass is 32.2. The van der Waals surface area contributed by atoms with Crippen LogP contribution in [0.1, 0.15) is 35.3 Å². The zero-order valence-electron chi connectivity index (χ0n) is 17.1. The summed E-state index contributed by atoms with van der Waals surface area (Å²) in [6, 6.07) is 16.3. The molecule has 8 nitrogen and oxygen atoms in total. The molecular weight excluding hydrogens is 416 g/mol. The molecule has 1 aromatic heterocycles. The lowest BCUT2D eigenvalue weighted by molar-refractivity contribution is -0.136. The largest absolute Gasteiger partial charge is 0.341 e. The van der Waals surface area contributed by atoms with Gasteiger partial charge in [-0.15, -0.1) is 0 Å². The van der Waals surface area contributed by atoms with Crippen molar-refractivity contribution in [2.24, 2.45) is 0 Å². The number of carbonyl (C=O) groups excluding carboxylic acids is 2. The first-order valence-electron chi connectivity index (χ1n) is 9.79. The molecule has 0 fully saturated rings. The van der Waals surface area contributed by atoms with Crippen molar-refractivity contribution in [3.63, 3.8) is 0 Å². The fourth-order valence-corrected chi connectivity index (χ4v) is 5.09. The molecule has 0 spiro atoms. The van der Waals surface area contributed by atoms with Crippen LogP contribution in [0, 0.1) is 6.92 Å². The van der Waals surface area contributed by atoms with Crippen molar-refractivity contribution in [2.45, 2.75) is 31.4 Å². The van der Waals surface area contributed by atoms with Gasteiger partial charge in [0.05, 0.1) is 28.9 Å². The minimum absolute atomic E-state index is 0.193. The number of hydrogen-bond donors (Lipinski definition) is 2. The predicted octanol–water partition coefficient (Wildman–Crippen LogP) is 2.43. The highest BCUT2D eigenvalue weighted by Gasteiger charge is 2.34. The minimum atomic E-state index is -3.33. The Kier molecular flexibility index (Phi) is 5.36. The normalized spacial score (nSPS) is 15.2. The van der Waals surface area contributed by atoms with Gasteiger partial charge in [0.15, 0.2) is 9.84 Å². The molecule has 0 saturated carbocycles. The number of sulfone groups is 1. The minimum Gasteiger partial charge on any atom is -0.341 e. The van der Waals surface area contributed by atoms with E-state index >= 15 is 0 Å². The molecule has 9 heteroatoms. The summed E-state index contributed by atoms with van der Waals surface area (Å²) < 4.78 is 25.7. The van der Waals surface area contributed by atoms with E-state index in [0.717, 1.165) is 11.1 Å². The lowest BCUT2D eigenvalue weighted by Gasteiger charge is -2.15. The predicted molar refractivity (Wildman–Crippen MR) is 116 cm³/mol. The van der Waals surface area contributed by atoms with E-state index in [2.05, 4.69) is 15.7 Å². The third kappa shape index (κ3) is 4.22. The number of aromatic nitrogens is 2. The van der Waals surface area contributed by atoms with Crippen LogP contribution >= 0.6 is 0 Å². The number of fused-ring (bicyclic) bond motifs is 1. The van der Waals surface area contributed by atoms with Gasteiger partial charge in [0.25, 0.3) is 0 Å². The van der Waals surface area contributed by atoms with Crippen molar-refractivity contribution in [1.82, 2.24) is 15.1 Å². The second-order valence-electron chi connectivity index (χ2n) is 7.56. The highest BCUT2D eigenvalue weighted by molar-refractivity contribution is 7.90. The molecule has 0 bridgehead atoms. The first-order valence-corrected chi connectivity index (χ1v) is 11.6. The van der Waals surface area contributed by atoms with E-state index in [1.165, 1.54) is 4.68 Å². The van der Waals surface area contributed by atoms with Gasteiger partial charge in [0, 0.05) is 5.56 Å². The van der Waals surface area contributed by atoms with Gasteiger partial charge in [-0.2, -0.15) is 5.10 Å². The van der Waals surface area contributed by atoms with E-state index in [9.17, 15) is 18.0 Å². The number of nitrogens with one attached hydrogen (secondary N) is 2. The number of anilines is 1. The molecule has 0 radical (unpaired) electrons. The SMILES string of the molecule is Cc1ccccc1-n1nc2c(c1NC(=O)C(=O)N[C@H](C)c1ccccc1)CS(=O)(=O)C2. The third-order valence-corrected chi connectivity index (χ3v) is 6.66. The first kappa shape index (κ1) is 20.8. The van der Waals surface area contributed by atoms with Gasteiger partial charge in [-0.25, -0.2) is 13.1 Å². The summed E-state index contributed by atoms with van der Waals surface area (Å²) in [4.78, 5) is 25.2. The van der Waals surface area contributed by atoms with Crippen LogP contribution in [-0.2, 0) is 30.9 Å². The smallest absolute Gasteiger partial charge is 0.314 e. The summed E-state index contributed by atoms with van der Waals surface area (Å²) in [6.07, 6.45) is 0. The van der Waals surface area contributed by atoms with Crippen molar-refractivity contribution in [3.8, 4) is 5.69 Å². The van der Waals surface area contributed by atoms with Gasteiger partial charge in [-0.3, -0.25) is 9.59 Å². The topological polar surface area (TPSA) is 110 Å². The Morgan fingerprint density at radius 1 is 1.00 bits per heavy atom. The molecule has 2 amide bonds. The fraction of sp³-hybridized carbons (Fsp3) is 0.227. The Bertz CT molecular complexity index is 1270. The average Bonchev–Trinajstić information content (AvgIpc) is 3.21. The van der Waals surface area contributed by atoms with E-state index in [0.29, 0.717) is 16.9 Å². The Morgan fingerprint density at radius 2 is 1.68 bits per heavy atom. The molecule has 2 heterocycles. The number of carbonyl (C=O) groups is 2. The van der Waals surface area contributed by atoms with Crippen molar-refractivity contribution in [2.75, 3.05) is 5.32 Å². The summed E-state index contributed by atoms with van der Waals surface area (Å²) in [5.41, 5.74) is 3.25. The number of rotatable bonds is 4. The molecule has 3 aromatic rings. The molecule has 0 saturated heterocycles. The van der Waals surface area contributed by atoms with Gasteiger partial charge in [-0.1, -0.05) is 48.5 Å². The van der Waals surface area contributed by atoms with E-state index < -0.39 is 21.7 Å². The Balaban J connectivity index is 1.62. The van der Waals surface area contributed by atoms with Crippen LogP contribution in [0.25, 0.3) is 5.69 Å². The molecule has 0 aliphatic carbocycles. The Labute approximate surface area is 180 Å². The number of para-hydroxylation sites is 1. The van der Waals surface area contributed by atoms with Crippen molar-refractivity contribution >= 4 is 27.5 Å². The summed E-state index contributed by atoms with van der Waals surface area (Å²) in [6.45, 7) is 3.67. The van der Waals surface area contributed by atoms with Gasteiger partial charge in [0.1, 0.15) is 5.82 Å². The molecular formula is C22H22N4O4S. The molecule has 160 valence electrons. The molecule has 1 atom stereocenters. The van der Waals surface area contributed by atoms with Gasteiger partial charge >= 0.3 is 11.8 Å². The summed E-state index contributed by atoms with van der Waals surface area (Å²) in [7, 11) is -3.33. The van der Waals surface area contributed by atoms with Crippen LogP contribution in [0.5, 0.6) is 0 Å². The van der Waals surface area contributed by atoms with Crippen LogP contribution in [0.2, 0.25) is 0 Å². The van der Waals surface area contributed by atoms with Crippen LogP contribution in [0.3, 0.4) is 0 Å². The summed E-state index contributed by atoms with van der Waals surface area (Å²) in [5.74, 6) is -1.92. The zero-order valence-corrected chi connectivity index (χ0v) is 17.9.